The van der Waals surface area contributed by atoms with E-state index >= 15 is 0 Å². The van der Waals surface area contributed by atoms with Crippen LogP contribution in [0.1, 0.15) is 38.5 Å². The van der Waals surface area contributed by atoms with Crippen molar-refractivity contribution in [2.24, 2.45) is 17.8 Å². The molecule has 26 heavy (non-hydrogen) atoms. The van der Waals surface area contributed by atoms with Crippen molar-refractivity contribution in [3.8, 4) is 11.3 Å². The number of aromatic nitrogens is 1. The Morgan fingerprint density at radius 2 is 1.42 bits per heavy atom. The van der Waals surface area contributed by atoms with Gasteiger partial charge in [0.15, 0.2) is 0 Å². The van der Waals surface area contributed by atoms with Crippen LogP contribution in [-0.2, 0) is 5.54 Å². The fourth-order valence-electron chi connectivity index (χ4n) is 6.84. The average molecular weight is 345 g/mol. The van der Waals surface area contributed by atoms with Crippen LogP contribution in [0.3, 0.4) is 0 Å². The third-order valence-corrected chi connectivity index (χ3v) is 7.33. The summed E-state index contributed by atoms with van der Waals surface area (Å²) in [6.45, 7) is 0. The van der Waals surface area contributed by atoms with Gasteiger partial charge in [-0.05, 0) is 98.2 Å². The van der Waals surface area contributed by atoms with Crippen molar-refractivity contribution in [1.29, 1.82) is 0 Å². The molecule has 0 amide bonds. The second kappa shape index (κ2) is 5.22. The van der Waals surface area contributed by atoms with E-state index in [1.54, 1.807) is 12.1 Å². The van der Waals surface area contributed by atoms with E-state index in [1.165, 1.54) is 55.1 Å². The zero-order valence-corrected chi connectivity index (χ0v) is 15.0. The minimum atomic E-state index is -0.161. The van der Waals surface area contributed by atoms with Crippen LogP contribution in [0.4, 0.5) is 4.39 Å². The van der Waals surface area contributed by atoms with Crippen molar-refractivity contribution in [3.05, 3.63) is 60.4 Å². The molecule has 4 fully saturated rings. The van der Waals surface area contributed by atoms with Gasteiger partial charge in [0, 0.05) is 22.1 Å². The predicted molar refractivity (Wildman–Crippen MR) is 103 cm³/mol. The molecule has 7 rings (SSSR count). The van der Waals surface area contributed by atoms with Gasteiger partial charge in [-0.3, -0.25) is 0 Å². The molecule has 1 heterocycles. The van der Waals surface area contributed by atoms with Gasteiger partial charge < -0.3 is 4.57 Å². The lowest BCUT2D eigenvalue weighted by atomic mass is 9.53. The van der Waals surface area contributed by atoms with Gasteiger partial charge in [0.25, 0.3) is 0 Å². The Morgan fingerprint density at radius 1 is 0.808 bits per heavy atom. The molecule has 1 aromatic heterocycles. The number of benzene rings is 2. The molecule has 0 spiro atoms. The minimum Gasteiger partial charge on any atom is -0.334 e. The first-order valence-electron chi connectivity index (χ1n) is 10.1. The average Bonchev–Trinajstić information content (AvgIpc) is 3.01. The van der Waals surface area contributed by atoms with Crippen LogP contribution >= 0.6 is 0 Å². The number of halogens is 1. The van der Waals surface area contributed by atoms with Gasteiger partial charge in [0.05, 0.1) is 0 Å². The highest BCUT2D eigenvalue weighted by Gasteiger charge is 2.52. The number of hydrogen-bond acceptors (Lipinski definition) is 0. The number of hydrogen-bond donors (Lipinski definition) is 0. The second-order valence-corrected chi connectivity index (χ2v) is 9.07. The molecule has 132 valence electrons. The van der Waals surface area contributed by atoms with Gasteiger partial charge in [0.2, 0.25) is 0 Å². The Morgan fingerprint density at radius 3 is 2.08 bits per heavy atom. The Bertz CT molecular complexity index is 946. The molecule has 0 aliphatic heterocycles. The van der Waals surface area contributed by atoms with E-state index in [4.69, 9.17) is 0 Å². The van der Waals surface area contributed by atoms with Gasteiger partial charge in [-0.15, -0.1) is 0 Å². The Labute approximate surface area is 153 Å². The maximum absolute atomic E-state index is 13.5. The van der Waals surface area contributed by atoms with Crippen LogP contribution in [0, 0.1) is 23.6 Å². The summed E-state index contributed by atoms with van der Waals surface area (Å²) in [6.07, 6.45) is 8.32. The molecule has 2 heteroatoms. The number of rotatable bonds is 2. The highest BCUT2D eigenvalue weighted by atomic mass is 19.1. The second-order valence-electron chi connectivity index (χ2n) is 9.07. The van der Waals surface area contributed by atoms with Crippen LogP contribution in [0.25, 0.3) is 22.2 Å². The summed E-state index contributed by atoms with van der Waals surface area (Å²) in [7, 11) is 0. The summed E-state index contributed by atoms with van der Waals surface area (Å²) < 4.78 is 16.2. The molecule has 0 unspecified atom stereocenters. The van der Waals surface area contributed by atoms with Crippen LogP contribution < -0.4 is 0 Å². The predicted octanol–water partition coefficient (Wildman–Crippen LogP) is 6.37. The maximum atomic E-state index is 13.5. The van der Waals surface area contributed by atoms with Crippen LogP contribution in [-0.4, -0.2) is 4.57 Å². The lowest BCUT2D eigenvalue weighted by Crippen LogP contribution is -2.51. The van der Waals surface area contributed by atoms with Gasteiger partial charge in [-0.25, -0.2) is 4.39 Å². The molecule has 4 aliphatic rings. The third kappa shape index (κ3) is 2.08. The smallest absolute Gasteiger partial charge is 0.123 e. The van der Waals surface area contributed by atoms with Crippen molar-refractivity contribution in [2.75, 3.05) is 0 Å². The van der Waals surface area contributed by atoms with Crippen molar-refractivity contribution in [3.63, 3.8) is 0 Å². The quantitative estimate of drug-likeness (QED) is 0.508. The first-order valence-corrected chi connectivity index (χ1v) is 10.1. The molecule has 3 aromatic rings. The van der Waals surface area contributed by atoms with Crippen LogP contribution in [0.5, 0.6) is 0 Å². The molecule has 0 saturated heterocycles. The largest absolute Gasteiger partial charge is 0.334 e. The summed E-state index contributed by atoms with van der Waals surface area (Å²) in [5.41, 5.74) is 4.03. The molecule has 0 N–H and O–H groups in total. The lowest BCUT2D eigenvalue weighted by Gasteiger charge is -2.58. The monoisotopic (exact) mass is 345 g/mol. The Kier molecular flexibility index (Phi) is 3.01. The van der Waals surface area contributed by atoms with Crippen LogP contribution in [0.2, 0.25) is 0 Å². The summed E-state index contributed by atoms with van der Waals surface area (Å²) >= 11 is 0. The lowest BCUT2D eigenvalue weighted by molar-refractivity contribution is -0.0399. The summed E-state index contributed by atoms with van der Waals surface area (Å²) in [4.78, 5) is 0. The normalized spacial score (nSPS) is 32.4. The minimum absolute atomic E-state index is 0.161. The molecule has 4 saturated carbocycles. The Balaban J connectivity index is 1.60. The van der Waals surface area contributed by atoms with E-state index in [0.717, 1.165) is 23.3 Å². The van der Waals surface area contributed by atoms with Gasteiger partial charge in [0.1, 0.15) is 5.82 Å². The number of fused-ring (bicyclic) bond motifs is 1. The summed E-state index contributed by atoms with van der Waals surface area (Å²) in [5.74, 6) is 2.56. The van der Waals surface area contributed by atoms with E-state index in [1.807, 2.05) is 12.1 Å². The fourth-order valence-corrected chi connectivity index (χ4v) is 6.84. The molecule has 4 bridgehead atoms. The van der Waals surface area contributed by atoms with Gasteiger partial charge in [-0.2, -0.15) is 0 Å². The summed E-state index contributed by atoms with van der Waals surface area (Å²) in [6, 6.07) is 18.2. The molecule has 2 aromatic carbocycles. The molecule has 4 aliphatic carbocycles. The fraction of sp³-hybridized carbons (Fsp3) is 0.417. The zero-order chi connectivity index (χ0) is 17.3. The standard InChI is InChI=1S/C24H24FN/c25-21-7-5-19(6-8-21)23-12-20-3-1-2-4-22(20)26(23)24-13-16-9-17(14-24)11-18(10-16)15-24/h1-8,12,16-18H,9-11,13-15H2. The van der Waals surface area contributed by atoms with E-state index < -0.39 is 0 Å². The topological polar surface area (TPSA) is 4.93 Å². The van der Waals surface area contributed by atoms with Crippen molar-refractivity contribution in [1.82, 2.24) is 4.57 Å². The SMILES string of the molecule is Fc1ccc(-c2cc3ccccc3n2C23CC4CC(CC(C4)C2)C3)cc1. The highest BCUT2D eigenvalue weighted by Crippen LogP contribution is 2.60. The summed E-state index contributed by atoms with van der Waals surface area (Å²) in [5, 5.41) is 1.31. The van der Waals surface area contributed by atoms with Gasteiger partial charge in [-0.1, -0.05) is 18.2 Å². The molecular weight excluding hydrogens is 321 g/mol. The van der Waals surface area contributed by atoms with E-state index in [0.29, 0.717) is 0 Å². The number of para-hydroxylation sites is 1. The zero-order valence-electron chi connectivity index (χ0n) is 15.0. The third-order valence-electron chi connectivity index (χ3n) is 7.33. The molecular formula is C24H24FN. The van der Waals surface area contributed by atoms with Crippen molar-refractivity contribution >= 4 is 10.9 Å². The van der Waals surface area contributed by atoms with Gasteiger partial charge >= 0.3 is 0 Å². The van der Waals surface area contributed by atoms with Crippen LogP contribution in [0.15, 0.2) is 54.6 Å². The maximum Gasteiger partial charge on any atom is 0.123 e. The number of nitrogens with zero attached hydrogens (tertiary/aromatic N) is 1. The molecule has 1 nitrogen and oxygen atoms in total. The first-order chi connectivity index (χ1) is 12.7. The highest BCUT2D eigenvalue weighted by molar-refractivity contribution is 5.87. The molecule has 0 atom stereocenters. The van der Waals surface area contributed by atoms with E-state index in [2.05, 4.69) is 34.9 Å². The van der Waals surface area contributed by atoms with Crippen molar-refractivity contribution < 1.29 is 4.39 Å². The van der Waals surface area contributed by atoms with E-state index in [-0.39, 0.29) is 11.4 Å². The van der Waals surface area contributed by atoms with E-state index in [9.17, 15) is 4.39 Å². The molecule has 0 radical (unpaired) electrons. The first kappa shape index (κ1) is 15.0. The Hall–Kier alpha value is -2.09. The van der Waals surface area contributed by atoms with Crippen molar-refractivity contribution in [2.45, 2.75) is 44.1 Å².